The molecule has 0 N–H and O–H groups in total. The van der Waals surface area contributed by atoms with Crippen molar-refractivity contribution in [1.29, 1.82) is 0 Å². The molecule has 148 valence electrons. The molecule has 0 aliphatic carbocycles. The fourth-order valence-electron chi connectivity index (χ4n) is 5.24. The largest absolute Gasteiger partial charge is 0.388 e. The molecule has 0 saturated carbocycles. The van der Waals surface area contributed by atoms with Crippen molar-refractivity contribution < 1.29 is 9.63 Å². The topological polar surface area (TPSA) is 41.9 Å². The molecule has 4 heteroatoms. The van der Waals surface area contributed by atoms with Crippen LogP contribution in [-0.2, 0) is 16.1 Å². The van der Waals surface area contributed by atoms with Crippen molar-refractivity contribution >= 4 is 11.6 Å². The van der Waals surface area contributed by atoms with Crippen molar-refractivity contribution in [2.45, 2.75) is 31.5 Å². The lowest BCUT2D eigenvalue weighted by molar-refractivity contribution is -0.133. The monoisotopic (exact) mass is 394 g/mol. The zero-order chi connectivity index (χ0) is 20.2. The molecule has 4 nitrogen and oxygen atoms in total. The molecule has 4 atom stereocenters. The standard InChI is InChI=1S/C26H22N2O2/c1-16-11-13-18(14-12-16)23-22-25(30-27-23)24-20-10-6-5-9-19(20)15-21(28(24)26(22)29)17-7-3-2-4-8-17/h2-14,21-22,24-25H,15H2,1H3/t21-,22+,24-,25-/m0/s1. The zero-order valence-electron chi connectivity index (χ0n) is 16.7. The Hall–Kier alpha value is -3.40. The van der Waals surface area contributed by atoms with Crippen LogP contribution < -0.4 is 0 Å². The second-order valence-corrected chi connectivity index (χ2v) is 8.41. The lowest BCUT2D eigenvalue weighted by Crippen LogP contribution is -2.40. The Bertz CT molecular complexity index is 1150. The molecule has 0 spiro atoms. The number of aryl methyl sites for hydroxylation is 1. The summed E-state index contributed by atoms with van der Waals surface area (Å²) in [5.41, 5.74) is 6.54. The van der Waals surface area contributed by atoms with Crippen LogP contribution in [0.4, 0.5) is 0 Å². The average Bonchev–Trinajstić information content (AvgIpc) is 3.34. The summed E-state index contributed by atoms with van der Waals surface area (Å²) in [7, 11) is 0. The van der Waals surface area contributed by atoms with Crippen LogP contribution in [0.15, 0.2) is 84.0 Å². The third kappa shape index (κ3) is 2.46. The molecule has 3 aliphatic heterocycles. The molecule has 0 unspecified atom stereocenters. The van der Waals surface area contributed by atoms with E-state index in [9.17, 15) is 4.79 Å². The molecule has 3 aliphatic rings. The second kappa shape index (κ2) is 6.56. The van der Waals surface area contributed by atoms with Crippen LogP contribution in [0.2, 0.25) is 0 Å². The van der Waals surface area contributed by atoms with Gasteiger partial charge in [0.05, 0.1) is 12.1 Å². The van der Waals surface area contributed by atoms with Gasteiger partial charge in [0.2, 0.25) is 5.91 Å². The first-order valence-corrected chi connectivity index (χ1v) is 10.5. The SMILES string of the molecule is Cc1ccc(C2=NO[C@H]3[C@@H]2C(=O)N2[C@H](c4ccccc4)Cc4ccccc4[C@@H]32)cc1. The number of benzene rings is 3. The van der Waals surface area contributed by atoms with E-state index in [2.05, 4.69) is 59.4 Å². The van der Waals surface area contributed by atoms with Crippen molar-refractivity contribution in [2.24, 2.45) is 11.1 Å². The molecule has 1 fully saturated rings. The van der Waals surface area contributed by atoms with Crippen LogP contribution >= 0.6 is 0 Å². The molecule has 1 amide bonds. The van der Waals surface area contributed by atoms with E-state index in [4.69, 9.17) is 4.84 Å². The number of rotatable bonds is 2. The number of amides is 1. The van der Waals surface area contributed by atoms with E-state index >= 15 is 0 Å². The van der Waals surface area contributed by atoms with E-state index < -0.39 is 0 Å². The molecular weight excluding hydrogens is 372 g/mol. The van der Waals surface area contributed by atoms with Gasteiger partial charge in [-0.1, -0.05) is 89.6 Å². The van der Waals surface area contributed by atoms with E-state index in [0.29, 0.717) is 0 Å². The van der Waals surface area contributed by atoms with E-state index in [0.717, 1.165) is 17.7 Å². The van der Waals surface area contributed by atoms with Crippen LogP contribution in [0.1, 0.15) is 39.9 Å². The molecule has 30 heavy (non-hydrogen) atoms. The van der Waals surface area contributed by atoms with E-state index in [1.54, 1.807) is 0 Å². The van der Waals surface area contributed by atoms with Gasteiger partial charge in [0.25, 0.3) is 0 Å². The van der Waals surface area contributed by atoms with Gasteiger partial charge in [-0.2, -0.15) is 0 Å². The summed E-state index contributed by atoms with van der Waals surface area (Å²) in [4.78, 5) is 21.9. The first-order chi connectivity index (χ1) is 14.7. The molecule has 6 rings (SSSR count). The fourth-order valence-corrected chi connectivity index (χ4v) is 5.24. The zero-order valence-corrected chi connectivity index (χ0v) is 16.7. The Balaban J connectivity index is 1.46. The lowest BCUT2D eigenvalue weighted by atomic mass is 9.84. The Morgan fingerprint density at radius 1 is 0.933 bits per heavy atom. The van der Waals surface area contributed by atoms with E-state index in [-0.39, 0.29) is 30.0 Å². The first kappa shape index (κ1) is 17.5. The Labute approximate surface area is 175 Å². The maximum Gasteiger partial charge on any atom is 0.237 e. The number of carbonyl (C=O) groups is 1. The molecule has 3 aromatic rings. The molecule has 0 aromatic heterocycles. The van der Waals surface area contributed by atoms with E-state index in [1.165, 1.54) is 22.3 Å². The maximum atomic E-state index is 13.8. The molecule has 0 radical (unpaired) electrons. The van der Waals surface area contributed by atoms with Crippen LogP contribution in [0.3, 0.4) is 0 Å². The summed E-state index contributed by atoms with van der Waals surface area (Å²) in [6.45, 7) is 2.06. The van der Waals surface area contributed by atoms with Gasteiger partial charge < -0.3 is 9.74 Å². The first-order valence-electron chi connectivity index (χ1n) is 10.5. The van der Waals surface area contributed by atoms with Crippen LogP contribution in [-0.4, -0.2) is 22.6 Å². The highest BCUT2D eigenvalue weighted by molar-refractivity contribution is 6.15. The van der Waals surface area contributed by atoms with Crippen molar-refractivity contribution in [3.63, 3.8) is 0 Å². The van der Waals surface area contributed by atoms with Gasteiger partial charge in [0.15, 0.2) is 6.10 Å². The van der Waals surface area contributed by atoms with Gasteiger partial charge >= 0.3 is 0 Å². The predicted molar refractivity (Wildman–Crippen MR) is 115 cm³/mol. The van der Waals surface area contributed by atoms with Crippen LogP contribution in [0, 0.1) is 12.8 Å². The second-order valence-electron chi connectivity index (χ2n) is 8.41. The molecular formula is C26H22N2O2. The normalized spacial score (nSPS) is 26.5. The highest BCUT2D eigenvalue weighted by Gasteiger charge is 2.59. The van der Waals surface area contributed by atoms with Crippen LogP contribution in [0.5, 0.6) is 0 Å². The lowest BCUT2D eigenvalue weighted by Gasteiger charge is -2.40. The Morgan fingerprint density at radius 2 is 1.67 bits per heavy atom. The highest BCUT2D eigenvalue weighted by atomic mass is 16.6. The Morgan fingerprint density at radius 3 is 2.47 bits per heavy atom. The van der Waals surface area contributed by atoms with Gasteiger partial charge in [-0.05, 0) is 30.0 Å². The molecule has 1 saturated heterocycles. The van der Waals surface area contributed by atoms with Gasteiger partial charge in [-0.15, -0.1) is 0 Å². The van der Waals surface area contributed by atoms with E-state index in [1.807, 2.05) is 36.4 Å². The van der Waals surface area contributed by atoms with Crippen molar-refractivity contribution in [2.75, 3.05) is 0 Å². The fraction of sp³-hybridized carbons (Fsp3) is 0.231. The quantitative estimate of drug-likeness (QED) is 0.638. The summed E-state index contributed by atoms with van der Waals surface area (Å²) in [5.74, 6) is -0.250. The summed E-state index contributed by atoms with van der Waals surface area (Å²) >= 11 is 0. The minimum absolute atomic E-state index is 0.00654. The summed E-state index contributed by atoms with van der Waals surface area (Å²) < 4.78 is 0. The van der Waals surface area contributed by atoms with Crippen molar-refractivity contribution in [1.82, 2.24) is 4.90 Å². The Kier molecular flexibility index (Phi) is 3.82. The van der Waals surface area contributed by atoms with Crippen molar-refractivity contribution in [3.05, 3.63) is 107 Å². The predicted octanol–water partition coefficient (Wildman–Crippen LogP) is 4.60. The smallest absolute Gasteiger partial charge is 0.237 e. The average molecular weight is 394 g/mol. The van der Waals surface area contributed by atoms with Crippen molar-refractivity contribution in [3.8, 4) is 0 Å². The molecule has 3 heterocycles. The number of nitrogens with zero attached hydrogens (tertiary/aromatic N) is 2. The number of hydrogen-bond donors (Lipinski definition) is 0. The van der Waals surface area contributed by atoms with Gasteiger partial charge in [0, 0.05) is 5.56 Å². The summed E-state index contributed by atoms with van der Waals surface area (Å²) in [6, 6.07) is 26.8. The van der Waals surface area contributed by atoms with Gasteiger partial charge in [0.1, 0.15) is 11.6 Å². The van der Waals surface area contributed by atoms with Gasteiger partial charge in [-0.25, -0.2) is 0 Å². The molecule has 3 aromatic carbocycles. The third-order valence-corrected chi connectivity index (χ3v) is 6.68. The maximum absolute atomic E-state index is 13.8. The van der Waals surface area contributed by atoms with Gasteiger partial charge in [-0.3, -0.25) is 4.79 Å². The minimum Gasteiger partial charge on any atom is -0.388 e. The molecule has 0 bridgehead atoms. The highest BCUT2D eigenvalue weighted by Crippen LogP contribution is 2.51. The van der Waals surface area contributed by atoms with Crippen LogP contribution in [0.25, 0.3) is 0 Å². The number of hydrogen-bond acceptors (Lipinski definition) is 3. The number of oxime groups is 1. The minimum atomic E-state index is -0.366. The summed E-state index contributed by atoms with van der Waals surface area (Å²) in [5, 5.41) is 4.40. The number of carbonyl (C=O) groups excluding carboxylic acids is 1. The number of fused-ring (bicyclic) bond motifs is 5. The summed E-state index contributed by atoms with van der Waals surface area (Å²) in [6.07, 6.45) is 0.528. The third-order valence-electron chi connectivity index (χ3n) is 6.68.